The number of nitrogens with zero attached hydrogens (tertiary/aromatic N) is 3. The molecule has 1 unspecified atom stereocenters. The first-order valence-electron chi connectivity index (χ1n) is 10.8. The highest BCUT2D eigenvalue weighted by Gasteiger charge is 2.43. The molecule has 2 aliphatic heterocycles. The molecular weight excluding hydrogens is 392 g/mol. The number of benzene rings is 2. The number of carbonyl (C=O) groups excluding carboxylic acids is 1. The number of anilines is 1. The number of hydrogen-bond donors (Lipinski definition) is 1. The third-order valence-corrected chi connectivity index (χ3v) is 6.08. The average molecular weight is 416 g/mol. The molecule has 0 radical (unpaired) electrons. The van der Waals surface area contributed by atoms with E-state index < -0.39 is 0 Å². The lowest BCUT2D eigenvalue weighted by Gasteiger charge is -2.38. The van der Waals surface area contributed by atoms with Gasteiger partial charge in [0.15, 0.2) is 11.5 Å². The molecule has 1 amide bonds. The number of fused-ring (bicyclic) bond motifs is 2. The second kappa shape index (κ2) is 7.04. The number of aryl methyl sites for hydroxylation is 1. The first kappa shape index (κ1) is 18.3. The van der Waals surface area contributed by atoms with Crippen molar-refractivity contribution in [1.29, 1.82) is 0 Å². The maximum Gasteiger partial charge on any atom is 0.258 e. The SMILES string of the molecule is Cn1cc(C2Nc3ccccc3C(=O)N2C2CC2)c(-c2ccc3c(c2)OCCCO3)n1. The first-order chi connectivity index (χ1) is 15.2. The summed E-state index contributed by atoms with van der Waals surface area (Å²) >= 11 is 0. The lowest BCUT2D eigenvalue weighted by Crippen LogP contribution is -2.44. The Morgan fingerprint density at radius 3 is 2.71 bits per heavy atom. The topological polar surface area (TPSA) is 68.6 Å². The molecule has 6 rings (SSSR count). The summed E-state index contributed by atoms with van der Waals surface area (Å²) in [6.45, 7) is 1.29. The second-order valence-corrected chi connectivity index (χ2v) is 8.35. The fraction of sp³-hybridized carbons (Fsp3) is 0.333. The van der Waals surface area contributed by atoms with Gasteiger partial charge in [-0.05, 0) is 43.2 Å². The van der Waals surface area contributed by atoms with Crippen LogP contribution in [0.1, 0.15) is 41.3 Å². The Morgan fingerprint density at radius 2 is 1.87 bits per heavy atom. The molecule has 3 aromatic rings. The van der Waals surface area contributed by atoms with Gasteiger partial charge in [-0.15, -0.1) is 0 Å². The average Bonchev–Trinajstić information content (AvgIpc) is 3.58. The van der Waals surface area contributed by atoms with Crippen LogP contribution in [0, 0.1) is 0 Å². The fourth-order valence-electron chi connectivity index (χ4n) is 4.47. The van der Waals surface area contributed by atoms with E-state index in [1.165, 1.54) is 0 Å². The third kappa shape index (κ3) is 3.12. The lowest BCUT2D eigenvalue weighted by atomic mass is 10.0. The molecule has 31 heavy (non-hydrogen) atoms. The summed E-state index contributed by atoms with van der Waals surface area (Å²) < 4.78 is 13.5. The maximum atomic E-state index is 13.4. The van der Waals surface area contributed by atoms with E-state index in [2.05, 4.69) is 5.32 Å². The van der Waals surface area contributed by atoms with E-state index in [-0.39, 0.29) is 18.1 Å². The Balaban J connectivity index is 1.45. The number of amides is 1. The number of aromatic nitrogens is 2. The number of para-hydroxylation sites is 1. The molecule has 0 saturated heterocycles. The molecule has 1 fully saturated rings. The quantitative estimate of drug-likeness (QED) is 0.700. The van der Waals surface area contributed by atoms with Crippen LogP contribution in [0.25, 0.3) is 11.3 Å². The van der Waals surface area contributed by atoms with Crippen LogP contribution in [0.15, 0.2) is 48.7 Å². The number of carbonyl (C=O) groups is 1. The minimum atomic E-state index is -0.269. The molecular formula is C24H24N4O3. The molecule has 2 aromatic carbocycles. The van der Waals surface area contributed by atoms with Crippen molar-refractivity contribution in [2.45, 2.75) is 31.5 Å². The Kier molecular flexibility index (Phi) is 4.16. The summed E-state index contributed by atoms with van der Waals surface area (Å²) in [6, 6.07) is 13.9. The molecule has 158 valence electrons. The van der Waals surface area contributed by atoms with Crippen molar-refractivity contribution >= 4 is 11.6 Å². The van der Waals surface area contributed by atoms with Crippen LogP contribution < -0.4 is 14.8 Å². The summed E-state index contributed by atoms with van der Waals surface area (Å²) in [4.78, 5) is 15.4. The Labute approximate surface area is 180 Å². The van der Waals surface area contributed by atoms with E-state index in [0.717, 1.165) is 58.8 Å². The van der Waals surface area contributed by atoms with Gasteiger partial charge < -0.3 is 19.7 Å². The van der Waals surface area contributed by atoms with Gasteiger partial charge >= 0.3 is 0 Å². The highest BCUT2D eigenvalue weighted by molar-refractivity contribution is 6.02. The van der Waals surface area contributed by atoms with Gasteiger partial charge in [-0.1, -0.05) is 12.1 Å². The van der Waals surface area contributed by atoms with Crippen LogP contribution >= 0.6 is 0 Å². The van der Waals surface area contributed by atoms with E-state index in [4.69, 9.17) is 14.6 Å². The van der Waals surface area contributed by atoms with Crippen molar-refractivity contribution in [2.75, 3.05) is 18.5 Å². The monoisotopic (exact) mass is 416 g/mol. The highest BCUT2D eigenvalue weighted by Crippen LogP contribution is 2.43. The largest absolute Gasteiger partial charge is 0.490 e. The normalized spacial score (nSPS) is 20.1. The summed E-state index contributed by atoms with van der Waals surface area (Å²) in [5, 5.41) is 8.37. The summed E-state index contributed by atoms with van der Waals surface area (Å²) in [7, 11) is 1.91. The van der Waals surface area contributed by atoms with Gasteiger partial charge in [-0.2, -0.15) is 5.10 Å². The van der Waals surface area contributed by atoms with E-state index in [9.17, 15) is 4.79 Å². The van der Waals surface area contributed by atoms with Crippen molar-refractivity contribution in [2.24, 2.45) is 7.05 Å². The Hall–Kier alpha value is -3.48. The van der Waals surface area contributed by atoms with Crippen molar-refractivity contribution in [3.8, 4) is 22.8 Å². The Bertz CT molecular complexity index is 1170. The molecule has 0 spiro atoms. The second-order valence-electron chi connectivity index (χ2n) is 8.35. The summed E-state index contributed by atoms with van der Waals surface area (Å²) in [5.74, 6) is 1.58. The minimum Gasteiger partial charge on any atom is -0.490 e. The van der Waals surface area contributed by atoms with Crippen LogP contribution in [0.5, 0.6) is 11.5 Å². The van der Waals surface area contributed by atoms with Crippen LogP contribution in [0.4, 0.5) is 5.69 Å². The van der Waals surface area contributed by atoms with E-state index >= 15 is 0 Å². The molecule has 1 aliphatic carbocycles. The van der Waals surface area contributed by atoms with Gasteiger partial charge in [0, 0.05) is 42.5 Å². The Morgan fingerprint density at radius 1 is 1.06 bits per heavy atom. The van der Waals surface area contributed by atoms with Crippen LogP contribution in [0.3, 0.4) is 0 Å². The van der Waals surface area contributed by atoms with E-state index in [0.29, 0.717) is 13.2 Å². The van der Waals surface area contributed by atoms with Crippen LogP contribution in [0.2, 0.25) is 0 Å². The van der Waals surface area contributed by atoms with Gasteiger partial charge in [0.25, 0.3) is 5.91 Å². The molecule has 1 N–H and O–H groups in total. The number of nitrogens with one attached hydrogen (secondary N) is 1. The lowest BCUT2D eigenvalue weighted by molar-refractivity contribution is 0.0667. The van der Waals surface area contributed by atoms with Crippen molar-refractivity contribution in [1.82, 2.24) is 14.7 Å². The predicted octanol–water partition coefficient (Wildman–Crippen LogP) is 3.98. The zero-order valence-corrected chi connectivity index (χ0v) is 17.4. The molecule has 3 aliphatic rings. The van der Waals surface area contributed by atoms with E-state index in [1.54, 1.807) is 0 Å². The number of ether oxygens (including phenoxy) is 2. The molecule has 0 bridgehead atoms. The maximum absolute atomic E-state index is 13.4. The summed E-state index contributed by atoms with van der Waals surface area (Å²) in [6.07, 6.45) is 4.67. The standard InChI is InChI=1S/C24H24N4O3/c1-27-14-18(22(26-27)15-7-10-20-21(13-15)31-12-4-11-30-20)23-25-19-6-3-2-5-17(19)24(29)28(23)16-8-9-16/h2-3,5-7,10,13-14,16,23,25H,4,8-9,11-12H2,1H3. The minimum absolute atomic E-state index is 0.0790. The van der Waals surface area contributed by atoms with Crippen molar-refractivity contribution < 1.29 is 14.3 Å². The molecule has 3 heterocycles. The van der Waals surface area contributed by atoms with Crippen LogP contribution in [-0.2, 0) is 7.05 Å². The highest BCUT2D eigenvalue weighted by atomic mass is 16.5. The van der Waals surface area contributed by atoms with Gasteiger partial charge in [-0.3, -0.25) is 9.48 Å². The van der Waals surface area contributed by atoms with Crippen LogP contribution in [-0.4, -0.2) is 39.8 Å². The zero-order chi connectivity index (χ0) is 20.9. The number of rotatable bonds is 3. The number of hydrogen-bond acceptors (Lipinski definition) is 5. The smallest absolute Gasteiger partial charge is 0.258 e. The molecule has 1 saturated carbocycles. The van der Waals surface area contributed by atoms with Gasteiger partial charge in [0.05, 0.1) is 24.5 Å². The fourth-order valence-corrected chi connectivity index (χ4v) is 4.47. The van der Waals surface area contributed by atoms with Gasteiger partial charge in [-0.25, -0.2) is 0 Å². The third-order valence-electron chi connectivity index (χ3n) is 6.08. The zero-order valence-electron chi connectivity index (χ0n) is 17.4. The first-order valence-corrected chi connectivity index (χ1v) is 10.8. The molecule has 1 atom stereocenters. The van der Waals surface area contributed by atoms with Gasteiger partial charge in [0.2, 0.25) is 0 Å². The summed E-state index contributed by atoms with van der Waals surface area (Å²) in [5.41, 5.74) is 4.36. The van der Waals surface area contributed by atoms with E-state index in [1.807, 2.05) is 65.3 Å². The molecule has 7 nitrogen and oxygen atoms in total. The van der Waals surface area contributed by atoms with Gasteiger partial charge in [0.1, 0.15) is 6.17 Å². The predicted molar refractivity (Wildman–Crippen MR) is 116 cm³/mol. The molecule has 1 aromatic heterocycles. The van der Waals surface area contributed by atoms with Crippen molar-refractivity contribution in [3.63, 3.8) is 0 Å². The van der Waals surface area contributed by atoms with Crippen molar-refractivity contribution in [3.05, 3.63) is 59.8 Å². The molecule has 7 heteroatoms.